The van der Waals surface area contributed by atoms with Crippen molar-refractivity contribution in [2.24, 2.45) is 11.3 Å². The zero-order chi connectivity index (χ0) is 8.91. The second-order valence-electron chi connectivity index (χ2n) is 4.32. The fourth-order valence-electron chi connectivity index (χ4n) is 1.56. The van der Waals surface area contributed by atoms with Gasteiger partial charge in [-0.3, -0.25) is 0 Å². The van der Waals surface area contributed by atoms with Gasteiger partial charge in [-0.25, -0.2) is 0 Å². The van der Waals surface area contributed by atoms with Crippen LogP contribution < -0.4 is 0 Å². The summed E-state index contributed by atoms with van der Waals surface area (Å²) in [5.41, 5.74) is 0.581. The maximum absolute atomic E-state index is 2.47. The van der Waals surface area contributed by atoms with E-state index in [1.807, 2.05) is 0 Å². The first-order valence-electron chi connectivity index (χ1n) is 4.24. The summed E-state index contributed by atoms with van der Waals surface area (Å²) in [6.07, 6.45) is 2.78. The van der Waals surface area contributed by atoms with E-state index in [9.17, 15) is 0 Å². The Morgan fingerprint density at radius 2 is 2.00 bits per heavy atom. The average Bonchev–Trinajstić information content (AvgIpc) is 1.81. The van der Waals surface area contributed by atoms with Crippen LogP contribution in [0.5, 0.6) is 0 Å². The monoisotopic (exact) mass is 284 g/mol. The molecule has 0 spiro atoms. The first kappa shape index (κ1) is 12.2. The first-order chi connectivity index (χ1) is 4.98. The maximum atomic E-state index is 2.47. The van der Waals surface area contributed by atoms with Crippen LogP contribution in [0.2, 0.25) is 0 Å². The summed E-state index contributed by atoms with van der Waals surface area (Å²) in [5.74, 6) is 0.851. The van der Waals surface area contributed by atoms with Crippen LogP contribution >= 0.6 is 30.8 Å². The molecule has 0 amide bonds. The lowest BCUT2D eigenvalue weighted by molar-refractivity contribution is 0.327. The molecule has 0 rings (SSSR count). The summed E-state index contributed by atoms with van der Waals surface area (Å²) >= 11 is 2.47. The molecule has 0 aromatic heterocycles. The quantitative estimate of drug-likeness (QED) is 0.412. The summed E-state index contributed by atoms with van der Waals surface area (Å²) in [7, 11) is 1.15. The second-order valence-corrected chi connectivity index (χ2v) is 7.73. The molecule has 1 unspecified atom stereocenters. The van der Waals surface area contributed by atoms with Gasteiger partial charge in [-0.1, -0.05) is 27.7 Å². The zero-order valence-electron chi connectivity index (χ0n) is 8.08. The molecule has 0 aromatic rings. The van der Waals surface area contributed by atoms with Crippen molar-refractivity contribution in [1.29, 1.82) is 0 Å². The Hall–Kier alpha value is 1.22. The van der Waals surface area contributed by atoms with Crippen LogP contribution in [0, 0.1) is 11.3 Å². The van der Waals surface area contributed by atoms with E-state index >= 15 is 0 Å². The molecule has 3 heteroatoms. The Labute approximate surface area is 87.1 Å². The molecule has 0 saturated carbocycles. The third-order valence-corrected chi connectivity index (χ3v) is 4.67. The van der Waals surface area contributed by atoms with Crippen LogP contribution in [-0.2, 0) is 0 Å². The molecule has 0 aliphatic heterocycles. The summed E-state index contributed by atoms with van der Waals surface area (Å²) in [5, 5.41) is 0. The SMILES string of the molecule is CC(C)CC(C)(C)CPBI. The fourth-order valence-corrected chi connectivity index (χ4v) is 3.29. The van der Waals surface area contributed by atoms with Crippen molar-refractivity contribution >= 4 is 35.7 Å². The van der Waals surface area contributed by atoms with Crippen LogP contribution in [0.3, 0.4) is 0 Å². The van der Waals surface area contributed by atoms with Crippen LogP contribution in [0.1, 0.15) is 34.1 Å². The molecule has 0 N–H and O–H groups in total. The molecule has 1 atom stereocenters. The highest BCUT2D eigenvalue weighted by atomic mass is 127. The molecule has 0 aliphatic rings. The summed E-state index contributed by atoms with van der Waals surface area (Å²) in [6.45, 7) is 9.42. The standard InChI is InChI=1S/C8H19BIP/c1-7(2)5-8(3,4)6-11-9-10/h7,9,11H,5-6H2,1-4H3. The smallest absolute Gasteiger partial charge is 0.148 e. The lowest BCUT2D eigenvalue weighted by atomic mass is 9.86. The van der Waals surface area contributed by atoms with Crippen LogP contribution in [0.25, 0.3) is 0 Å². The van der Waals surface area contributed by atoms with Gasteiger partial charge in [-0.05, 0) is 23.9 Å². The van der Waals surface area contributed by atoms with Crippen molar-refractivity contribution in [3.63, 3.8) is 0 Å². The molecule has 0 nitrogen and oxygen atoms in total. The van der Waals surface area contributed by atoms with Gasteiger partial charge in [0.05, 0.1) is 0 Å². The van der Waals surface area contributed by atoms with E-state index in [1.165, 1.54) is 17.4 Å². The molecule has 0 bridgehead atoms. The van der Waals surface area contributed by atoms with Crippen LogP contribution in [0.15, 0.2) is 0 Å². The van der Waals surface area contributed by atoms with Crippen molar-refractivity contribution in [2.45, 2.75) is 34.1 Å². The highest BCUT2D eigenvalue weighted by Gasteiger charge is 2.18. The number of hydrogen-bond donors (Lipinski definition) is 0. The van der Waals surface area contributed by atoms with Gasteiger partial charge in [0.1, 0.15) is 0 Å². The van der Waals surface area contributed by atoms with Gasteiger partial charge in [-0.15, -0.1) is 30.8 Å². The van der Waals surface area contributed by atoms with Crippen molar-refractivity contribution < 1.29 is 0 Å². The van der Waals surface area contributed by atoms with Gasteiger partial charge in [0.2, 0.25) is 4.86 Å². The number of halogens is 1. The first-order valence-corrected chi connectivity index (χ1v) is 7.18. The van der Waals surface area contributed by atoms with E-state index < -0.39 is 0 Å². The lowest BCUT2D eigenvalue weighted by Gasteiger charge is -2.26. The molecule has 11 heavy (non-hydrogen) atoms. The van der Waals surface area contributed by atoms with Gasteiger partial charge >= 0.3 is 0 Å². The second kappa shape index (κ2) is 5.80. The minimum Gasteiger partial charge on any atom is -0.148 e. The van der Waals surface area contributed by atoms with Gasteiger partial charge in [0.25, 0.3) is 0 Å². The Balaban J connectivity index is 3.61. The van der Waals surface area contributed by atoms with E-state index in [-0.39, 0.29) is 0 Å². The Kier molecular flexibility index (Phi) is 6.45. The molecule has 66 valence electrons. The fraction of sp³-hybridized carbons (Fsp3) is 1.00. The molecule has 0 radical (unpaired) electrons. The Morgan fingerprint density at radius 1 is 1.45 bits per heavy atom. The van der Waals surface area contributed by atoms with Crippen molar-refractivity contribution in [3.8, 4) is 0 Å². The van der Waals surface area contributed by atoms with E-state index in [0.717, 1.165) is 14.4 Å². The zero-order valence-corrected chi connectivity index (χ0v) is 11.2. The van der Waals surface area contributed by atoms with E-state index in [1.54, 1.807) is 0 Å². The van der Waals surface area contributed by atoms with E-state index in [2.05, 4.69) is 50.1 Å². The molecule has 0 aliphatic carbocycles. The minimum atomic E-state index is 0.581. The average molecular weight is 284 g/mol. The Morgan fingerprint density at radius 3 is 2.36 bits per heavy atom. The summed E-state index contributed by atoms with van der Waals surface area (Å²) < 4.78 is 0. The lowest BCUT2D eigenvalue weighted by Crippen LogP contribution is -2.16. The van der Waals surface area contributed by atoms with Gasteiger partial charge in [-0.2, -0.15) is 0 Å². The van der Waals surface area contributed by atoms with Crippen molar-refractivity contribution in [2.75, 3.05) is 6.16 Å². The molecular formula is C8H19BIP. The summed E-state index contributed by atoms with van der Waals surface area (Å²) in [4.78, 5) is 1.33. The van der Waals surface area contributed by atoms with Crippen LogP contribution in [-0.4, -0.2) is 11.0 Å². The van der Waals surface area contributed by atoms with Crippen molar-refractivity contribution in [1.82, 2.24) is 0 Å². The number of rotatable bonds is 5. The highest BCUT2D eigenvalue weighted by molar-refractivity contribution is 14.1. The summed E-state index contributed by atoms with van der Waals surface area (Å²) in [6, 6.07) is 0. The van der Waals surface area contributed by atoms with E-state index in [4.69, 9.17) is 0 Å². The normalized spacial score (nSPS) is 13.3. The van der Waals surface area contributed by atoms with Gasteiger partial charge in [0, 0.05) is 0 Å². The van der Waals surface area contributed by atoms with Crippen molar-refractivity contribution in [3.05, 3.63) is 0 Å². The number of hydrogen-bond acceptors (Lipinski definition) is 0. The largest absolute Gasteiger partial charge is 0.225 e. The van der Waals surface area contributed by atoms with Gasteiger partial charge in [0.15, 0.2) is 0 Å². The topological polar surface area (TPSA) is 0 Å². The van der Waals surface area contributed by atoms with Crippen LogP contribution in [0.4, 0.5) is 0 Å². The third-order valence-electron chi connectivity index (χ3n) is 1.66. The molecule has 0 fully saturated rings. The highest BCUT2D eigenvalue weighted by Crippen LogP contribution is 2.31. The molecule has 0 aromatic carbocycles. The minimum absolute atomic E-state index is 0.581. The third kappa shape index (κ3) is 7.58. The van der Waals surface area contributed by atoms with E-state index in [0.29, 0.717) is 5.41 Å². The molecule has 0 heterocycles. The van der Waals surface area contributed by atoms with Gasteiger partial charge < -0.3 is 0 Å². The predicted octanol–water partition coefficient (Wildman–Crippen LogP) is 3.44. The molecule has 0 saturated heterocycles. The molecular weight excluding hydrogens is 265 g/mol. The predicted molar refractivity (Wildman–Crippen MR) is 67.6 cm³/mol. The Bertz CT molecular complexity index is 104. The maximum Gasteiger partial charge on any atom is 0.225 e.